The Balaban J connectivity index is 2.11. The fraction of sp³-hybridized carbons (Fsp3) is 0.0833. The second-order valence-electron chi connectivity index (χ2n) is 3.53. The van der Waals surface area contributed by atoms with Crippen molar-refractivity contribution in [2.24, 2.45) is 0 Å². The lowest BCUT2D eigenvalue weighted by atomic mass is 10.2. The maximum atomic E-state index is 10.5. The summed E-state index contributed by atoms with van der Waals surface area (Å²) in [5.74, 6) is -0.904. The lowest BCUT2D eigenvalue weighted by Crippen LogP contribution is -2.00. The molecule has 2 N–H and O–H groups in total. The number of carboxylic acids is 1. The number of aliphatic carboxylic acids is 1. The molecule has 6 heteroatoms. The minimum atomic E-state index is -0.904. The van der Waals surface area contributed by atoms with Gasteiger partial charge in [0.1, 0.15) is 0 Å². The number of anilines is 2. The molecule has 2 rings (SSSR count). The molecule has 0 spiro atoms. The Morgan fingerprint density at radius 2 is 2.39 bits per heavy atom. The van der Waals surface area contributed by atoms with Crippen LogP contribution >= 0.6 is 11.3 Å². The Bertz CT molecular complexity index is 616. The van der Waals surface area contributed by atoms with Crippen LogP contribution in [0.15, 0.2) is 29.6 Å². The van der Waals surface area contributed by atoms with Crippen LogP contribution in [0.2, 0.25) is 0 Å². The van der Waals surface area contributed by atoms with Crippen LogP contribution in [0.1, 0.15) is 11.3 Å². The van der Waals surface area contributed by atoms with Gasteiger partial charge in [0.2, 0.25) is 0 Å². The van der Waals surface area contributed by atoms with Crippen LogP contribution in [0, 0.1) is 11.3 Å². The maximum absolute atomic E-state index is 10.5. The molecule has 0 saturated heterocycles. The van der Waals surface area contributed by atoms with Gasteiger partial charge < -0.3 is 10.4 Å². The third kappa shape index (κ3) is 3.06. The number of hydrogen-bond acceptors (Lipinski definition) is 5. The molecule has 2 aromatic rings. The van der Waals surface area contributed by atoms with E-state index >= 15 is 0 Å². The number of thiazole rings is 1. The smallest absolute Gasteiger partial charge is 0.309 e. The zero-order valence-corrected chi connectivity index (χ0v) is 10.1. The molecular weight excluding hydrogens is 250 g/mol. The normalized spacial score (nSPS) is 9.72. The first-order valence-corrected chi connectivity index (χ1v) is 5.99. The summed E-state index contributed by atoms with van der Waals surface area (Å²) in [7, 11) is 0. The van der Waals surface area contributed by atoms with Crippen molar-refractivity contribution in [1.82, 2.24) is 4.98 Å². The average molecular weight is 259 g/mol. The van der Waals surface area contributed by atoms with Gasteiger partial charge in [0, 0.05) is 11.1 Å². The SMILES string of the molecule is N#Cc1cccc(Nc2nc(CC(=O)O)cs2)c1. The molecule has 90 valence electrons. The third-order valence-electron chi connectivity index (χ3n) is 2.13. The van der Waals surface area contributed by atoms with Crippen molar-refractivity contribution in [3.63, 3.8) is 0 Å². The molecule has 0 saturated carbocycles. The topological polar surface area (TPSA) is 86.0 Å². The minimum absolute atomic E-state index is 0.0869. The molecular formula is C12H9N3O2S. The Morgan fingerprint density at radius 1 is 1.56 bits per heavy atom. The first kappa shape index (κ1) is 12.1. The first-order valence-electron chi connectivity index (χ1n) is 5.11. The largest absolute Gasteiger partial charge is 0.481 e. The lowest BCUT2D eigenvalue weighted by Gasteiger charge is -2.01. The molecule has 18 heavy (non-hydrogen) atoms. The summed E-state index contributed by atoms with van der Waals surface area (Å²) in [5.41, 5.74) is 1.83. The Labute approximate surface area is 107 Å². The monoisotopic (exact) mass is 259 g/mol. The Hall–Kier alpha value is -2.39. The van der Waals surface area contributed by atoms with E-state index in [0.29, 0.717) is 16.4 Å². The van der Waals surface area contributed by atoms with Crippen LogP contribution in [0.5, 0.6) is 0 Å². The van der Waals surface area contributed by atoms with Crippen molar-refractivity contribution in [2.75, 3.05) is 5.32 Å². The van der Waals surface area contributed by atoms with Gasteiger partial charge in [0.05, 0.1) is 23.7 Å². The number of carboxylic acid groups (broad SMARTS) is 1. The van der Waals surface area contributed by atoms with Crippen LogP contribution in [0.4, 0.5) is 10.8 Å². The van der Waals surface area contributed by atoms with Crippen LogP contribution < -0.4 is 5.32 Å². The van der Waals surface area contributed by atoms with Gasteiger partial charge in [-0.15, -0.1) is 11.3 Å². The van der Waals surface area contributed by atoms with Gasteiger partial charge in [-0.2, -0.15) is 5.26 Å². The van der Waals surface area contributed by atoms with E-state index in [1.165, 1.54) is 11.3 Å². The molecule has 0 atom stereocenters. The van der Waals surface area contributed by atoms with Crippen molar-refractivity contribution >= 4 is 28.1 Å². The number of aromatic nitrogens is 1. The quantitative estimate of drug-likeness (QED) is 0.880. The van der Waals surface area contributed by atoms with Gasteiger partial charge >= 0.3 is 5.97 Å². The van der Waals surface area contributed by atoms with E-state index in [4.69, 9.17) is 10.4 Å². The number of nitrogens with zero attached hydrogens (tertiary/aromatic N) is 2. The highest BCUT2D eigenvalue weighted by Gasteiger charge is 2.06. The number of carbonyl (C=O) groups is 1. The van der Waals surface area contributed by atoms with Crippen LogP contribution in [-0.4, -0.2) is 16.1 Å². The third-order valence-corrected chi connectivity index (χ3v) is 2.93. The van der Waals surface area contributed by atoms with Crippen LogP contribution in [0.3, 0.4) is 0 Å². The molecule has 0 aliphatic rings. The molecule has 0 bridgehead atoms. The number of benzene rings is 1. The number of hydrogen-bond donors (Lipinski definition) is 2. The summed E-state index contributed by atoms with van der Waals surface area (Å²) in [4.78, 5) is 14.7. The maximum Gasteiger partial charge on any atom is 0.309 e. The van der Waals surface area contributed by atoms with Gasteiger partial charge in [0.15, 0.2) is 5.13 Å². The summed E-state index contributed by atoms with van der Waals surface area (Å²) >= 11 is 1.33. The van der Waals surface area contributed by atoms with Crippen molar-refractivity contribution < 1.29 is 9.90 Å². The van der Waals surface area contributed by atoms with Crippen molar-refractivity contribution in [3.05, 3.63) is 40.9 Å². The summed E-state index contributed by atoms with van der Waals surface area (Å²) in [6.45, 7) is 0. The molecule has 0 unspecified atom stereocenters. The molecule has 5 nitrogen and oxygen atoms in total. The molecule has 0 aliphatic heterocycles. The number of nitrogens with one attached hydrogen (secondary N) is 1. The molecule has 0 amide bonds. The van der Waals surface area contributed by atoms with Gasteiger partial charge in [-0.3, -0.25) is 4.79 Å². The summed E-state index contributed by atoms with van der Waals surface area (Å²) in [5, 5.41) is 22.8. The van der Waals surface area contributed by atoms with E-state index < -0.39 is 5.97 Å². The van der Waals surface area contributed by atoms with Gasteiger partial charge in [-0.25, -0.2) is 4.98 Å². The van der Waals surface area contributed by atoms with E-state index in [1.54, 1.807) is 23.6 Å². The first-order chi connectivity index (χ1) is 8.67. The minimum Gasteiger partial charge on any atom is -0.481 e. The zero-order chi connectivity index (χ0) is 13.0. The predicted octanol–water partition coefficient (Wildman–Crippen LogP) is 2.39. The zero-order valence-electron chi connectivity index (χ0n) is 9.25. The summed E-state index contributed by atoms with van der Waals surface area (Å²) < 4.78 is 0. The van der Waals surface area contributed by atoms with Crippen molar-refractivity contribution in [2.45, 2.75) is 6.42 Å². The molecule has 0 aliphatic carbocycles. The van der Waals surface area contributed by atoms with E-state index in [-0.39, 0.29) is 6.42 Å². The molecule has 0 radical (unpaired) electrons. The summed E-state index contributed by atoms with van der Waals surface area (Å²) in [6, 6.07) is 9.06. The lowest BCUT2D eigenvalue weighted by molar-refractivity contribution is -0.136. The number of rotatable bonds is 4. The highest BCUT2D eigenvalue weighted by molar-refractivity contribution is 7.13. The Morgan fingerprint density at radius 3 is 3.11 bits per heavy atom. The van der Waals surface area contributed by atoms with E-state index in [2.05, 4.69) is 10.3 Å². The van der Waals surface area contributed by atoms with Crippen molar-refractivity contribution in [3.8, 4) is 6.07 Å². The molecule has 1 aromatic heterocycles. The van der Waals surface area contributed by atoms with E-state index in [1.807, 2.05) is 12.1 Å². The highest BCUT2D eigenvalue weighted by atomic mass is 32.1. The fourth-order valence-corrected chi connectivity index (χ4v) is 2.12. The van der Waals surface area contributed by atoms with E-state index in [9.17, 15) is 4.79 Å². The predicted molar refractivity (Wildman–Crippen MR) is 67.9 cm³/mol. The fourth-order valence-electron chi connectivity index (χ4n) is 1.39. The van der Waals surface area contributed by atoms with Gasteiger partial charge in [0.25, 0.3) is 0 Å². The summed E-state index contributed by atoms with van der Waals surface area (Å²) in [6.07, 6.45) is -0.0869. The Kier molecular flexibility index (Phi) is 3.55. The average Bonchev–Trinajstić information content (AvgIpc) is 2.76. The van der Waals surface area contributed by atoms with Gasteiger partial charge in [-0.05, 0) is 18.2 Å². The van der Waals surface area contributed by atoms with Gasteiger partial charge in [-0.1, -0.05) is 6.07 Å². The molecule has 1 heterocycles. The second-order valence-corrected chi connectivity index (χ2v) is 4.39. The second kappa shape index (κ2) is 5.29. The van der Waals surface area contributed by atoms with Crippen LogP contribution in [-0.2, 0) is 11.2 Å². The van der Waals surface area contributed by atoms with E-state index in [0.717, 1.165) is 5.69 Å². The molecule has 0 fully saturated rings. The van der Waals surface area contributed by atoms with Crippen LogP contribution in [0.25, 0.3) is 0 Å². The number of nitriles is 1. The van der Waals surface area contributed by atoms with Crippen molar-refractivity contribution in [1.29, 1.82) is 5.26 Å². The standard InChI is InChI=1S/C12H9N3O2S/c13-6-8-2-1-3-9(4-8)14-12-15-10(7-18-12)5-11(16)17/h1-4,7H,5H2,(H,14,15)(H,16,17). The molecule has 1 aromatic carbocycles. The highest BCUT2D eigenvalue weighted by Crippen LogP contribution is 2.21.